The van der Waals surface area contributed by atoms with Gasteiger partial charge in [0.15, 0.2) is 15.7 Å². The summed E-state index contributed by atoms with van der Waals surface area (Å²) in [5, 5.41) is 11.1. The molecule has 0 amide bonds. The molecular formula is C14H20N4O2S. The van der Waals surface area contributed by atoms with E-state index < -0.39 is 9.84 Å². The highest BCUT2D eigenvalue weighted by molar-refractivity contribution is 7.91. The zero-order chi connectivity index (χ0) is 15.5. The summed E-state index contributed by atoms with van der Waals surface area (Å²) in [6.07, 6.45) is 1.64. The van der Waals surface area contributed by atoms with E-state index in [-0.39, 0.29) is 17.5 Å². The van der Waals surface area contributed by atoms with Gasteiger partial charge >= 0.3 is 0 Å². The maximum atomic E-state index is 11.6. The first-order valence-electron chi connectivity index (χ1n) is 6.82. The lowest BCUT2D eigenvalue weighted by atomic mass is 10.2. The number of benzene rings is 1. The van der Waals surface area contributed by atoms with E-state index in [4.69, 9.17) is 0 Å². The smallest absolute Gasteiger partial charge is 0.163 e. The lowest BCUT2D eigenvalue weighted by Gasteiger charge is -2.15. The number of hydrogen-bond donors (Lipinski definition) is 1. The summed E-state index contributed by atoms with van der Waals surface area (Å²) >= 11 is 0. The van der Waals surface area contributed by atoms with E-state index >= 15 is 0 Å². The van der Waals surface area contributed by atoms with Gasteiger partial charge in [0.1, 0.15) is 6.33 Å². The second-order valence-electron chi connectivity index (χ2n) is 5.09. The average molecular weight is 308 g/mol. The molecular weight excluding hydrogens is 288 g/mol. The quantitative estimate of drug-likeness (QED) is 0.879. The monoisotopic (exact) mass is 308 g/mol. The van der Waals surface area contributed by atoms with Crippen LogP contribution in [0.15, 0.2) is 30.6 Å². The fourth-order valence-electron chi connectivity index (χ4n) is 2.12. The third kappa shape index (κ3) is 4.04. The zero-order valence-corrected chi connectivity index (χ0v) is 13.3. The molecule has 0 saturated heterocycles. The number of anilines is 1. The predicted molar refractivity (Wildman–Crippen MR) is 83.9 cm³/mol. The van der Waals surface area contributed by atoms with Gasteiger partial charge in [-0.1, -0.05) is 19.1 Å². The Bertz CT molecular complexity index is 709. The van der Waals surface area contributed by atoms with Crippen LogP contribution in [-0.2, 0) is 16.9 Å². The first-order chi connectivity index (χ1) is 9.91. The minimum absolute atomic E-state index is 0.123. The van der Waals surface area contributed by atoms with Crippen LogP contribution in [0.2, 0.25) is 0 Å². The Morgan fingerprint density at radius 3 is 2.76 bits per heavy atom. The number of hydrogen-bond acceptors (Lipinski definition) is 5. The molecule has 1 heterocycles. The summed E-state index contributed by atoms with van der Waals surface area (Å²) in [4.78, 5) is 0. The van der Waals surface area contributed by atoms with E-state index in [0.717, 1.165) is 17.1 Å². The van der Waals surface area contributed by atoms with E-state index in [9.17, 15) is 8.42 Å². The summed E-state index contributed by atoms with van der Waals surface area (Å²) in [7, 11) is -1.11. The van der Waals surface area contributed by atoms with E-state index in [1.807, 2.05) is 42.8 Å². The van der Waals surface area contributed by atoms with Crippen LogP contribution in [0.1, 0.15) is 13.8 Å². The van der Waals surface area contributed by atoms with Crippen molar-refractivity contribution in [2.75, 3.05) is 16.8 Å². The first-order valence-corrected chi connectivity index (χ1v) is 8.65. The van der Waals surface area contributed by atoms with Gasteiger partial charge in [-0.3, -0.25) is 0 Å². The molecule has 1 unspecified atom stereocenters. The molecule has 0 radical (unpaired) electrons. The molecule has 114 valence electrons. The van der Waals surface area contributed by atoms with Crippen LogP contribution in [0.5, 0.6) is 0 Å². The lowest BCUT2D eigenvalue weighted by Crippen LogP contribution is -2.26. The van der Waals surface area contributed by atoms with Crippen LogP contribution in [0, 0.1) is 0 Å². The highest BCUT2D eigenvalue weighted by Crippen LogP contribution is 2.20. The van der Waals surface area contributed by atoms with Gasteiger partial charge < -0.3 is 9.88 Å². The van der Waals surface area contributed by atoms with Gasteiger partial charge in [-0.2, -0.15) is 0 Å². The largest absolute Gasteiger partial charge is 0.382 e. The van der Waals surface area contributed by atoms with Crippen LogP contribution < -0.4 is 5.32 Å². The zero-order valence-electron chi connectivity index (χ0n) is 12.4. The van der Waals surface area contributed by atoms with Crippen molar-refractivity contribution in [3.63, 3.8) is 0 Å². The summed E-state index contributed by atoms with van der Waals surface area (Å²) in [5.41, 5.74) is 1.81. The van der Waals surface area contributed by atoms with Gasteiger partial charge in [-0.15, -0.1) is 10.2 Å². The average Bonchev–Trinajstić information content (AvgIpc) is 2.84. The normalized spacial score (nSPS) is 13.1. The van der Waals surface area contributed by atoms with Gasteiger partial charge in [0.05, 0.1) is 5.75 Å². The molecule has 1 N–H and O–H groups in total. The van der Waals surface area contributed by atoms with Crippen molar-refractivity contribution in [3.8, 4) is 11.4 Å². The first kappa shape index (κ1) is 15.5. The fourth-order valence-corrected chi connectivity index (χ4v) is 3.20. The molecule has 21 heavy (non-hydrogen) atoms. The highest BCUT2D eigenvalue weighted by atomic mass is 32.2. The number of aryl methyl sites for hydroxylation is 1. The van der Waals surface area contributed by atoms with Crippen molar-refractivity contribution < 1.29 is 8.42 Å². The number of rotatable bonds is 6. The van der Waals surface area contributed by atoms with Gasteiger partial charge in [0.2, 0.25) is 0 Å². The SMILES string of the molecule is CCS(=O)(=O)CC(C)Nc1cccc(-c2nncn2C)c1. The predicted octanol–water partition coefficient (Wildman–Crippen LogP) is 1.72. The Kier molecular flexibility index (Phi) is 4.62. The standard InChI is InChI=1S/C14H20N4O2S/c1-4-21(19,20)9-11(2)16-13-7-5-6-12(8-13)14-17-15-10-18(14)3/h5-8,10-11,16H,4,9H2,1-3H3. The number of sulfone groups is 1. The molecule has 0 aliphatic rings. The minimum atomic E-state index is -2.99. The summed E-state index contributed by atoms with van der Waals surface area (Å²) in [6, 6.07) is 7.56. The molecule has 2 aromatic rings. The Hall–Kier alpha value is -1.89. The molecule has 0 fully saturated rings. The highest BCUT2D eigenvalue weighted by Gasteiger charge is 2.14. The Morgan fingerprint density at radius 1 is 1.38 bits per heavy atom. The van der Waals surface area contributed by atoms with Crippen molar-refractivity contribution in [2.24, 2.45) is 7.05 Å². The summed E-state index contributed by atoms with van der Waals surface area (Å²) in [6.45, 7) is 3.53. The molecule has 0 aliphatic carbocycles. The number of nitrogens with zero attached hydrogens (tertiary/aromatic N) is 3. The van der Waals surface area contributed by atoms with Gasteiger partial charge in [0, 0.05) is 30.1 Å². The molecule has 1 aromatic carbocycles. The van der Waals surface area contributed by atoms with Crippen molar-refractivity contribution in [1.82, 2.24) is 14.8 Å². The maximum absolute atomic E-state index is 11.6. The minimum Gasteiger partial charge on any atom is -0.382 e. The van der Waals surface area contributed by atoms with Gasteiger partial charge in [-0.25, -0.2) is 8.42 Å². The van der Waals surface area contributed by atoms with Crippen molar-refractivity contribution >= 4 is 15.5 Å². The molecule has 0 bridgehead atoms. The number of aromatic nitrogens is 3. The second-order valence-corrected chi connectivity index (χ2v) is 7.49. The molecule has 0 aliphatic heterocycles. The van der Waals surface area contributed by atoms with Crippen LogP contribution in [0.25, 0.3) is 11.4 Å². The van der Waals surface area contributed by atoms with Crippen LogP contribution in [0.3, 0.4) is 0 Å². The Labute approximate surface area is 125 Å². The van der Waals surface area contributed by atoms with Crippen LogP contribution in [0.4, 0.5) is 5.69 Å². The summed E-state index contributed by atoms with van der Waals surface area (Å²) in [5.74, 6) is 1.06. The molecule has 1 aromatic heterocycles. The Balaban J connectivity index is 2.14. The van der Waals surface area contributed by atoms with Crippen LogP contribution >= 0.6 is 0 Å². The third-order valence-electron chi connectivity index (χ3n) is 3.19. The van der Waals surface area contributed by atoms with E-state index in [2.05, 4.69) is 15.5 Å². The lowest BCUT2D eigenvalue weighted by molar-refractivity contribution is 0.593. The maximum Gasteiger partial charge on any atom is 0.163 e. The second kappa shape index (κ2) is 6.26. The topological polar surface area (TPSA) is 76.9 Å². The van der Waals surface area contributed by atoms with Crippen molar-refractivity contribution in [1.29, 1.82) is 0 Å². The Morgan fingerprint density at radius 2 is 2.14 bits per heavy atom. The van der Waals surface area contributed by atoms with Crippen molar-refractivity contribution in [2.45, 2.75) is 19.9 Å². The van der Waals surface area contributed by atoms with Gasteiger partial charge in [0.25, 0.3) is 0 Å². The molecule has 0 saturated carbocycles. The molecule has 1 atom stereocenters. The fraction of sp³-hybridized carbons (Fsp3) is 0.429. The molecule has 6 nitrogen and oxygen atoms in total. The molecule has 7 heteroatoms. The van der Waals surface area contributed by atoms with Gasteiger partial charge in [-0.05, 0) is 19.1 Å². The van der Waals surface area contributed by atoms with Crippen molar-refractivity contribution in [3.05, 3.63) is 30.6 Å². The molecule has 2 rings (SSSR count). The summed E-state index contributed by atoms with van der Waals surface area (Å²) < 4.78 is 25.1. The molecule has 0 spiro atoms. The van der Waals surface area contributed by atoms with Crippen LogP contribution in [-0.4, -0.2) is 40.7 Å². The van der Waals surface area contributed by atoms with E-state index in [1.165, 1.54) is 0 Å². The van der Waals surface area contributed by atoms with E-state index in [1.54, 1.807) is 13.3 Å². The van der Waals surface area contributed by atoms with E-state index in [0.29, 0.717) is 0 Å². The third-order valence-corrected chi connectivity index (χ3v) is 5.08. The number of nitrogens with one attached hydrogen (secondary N) is 1.